The molecule has 1 aromatic heterocycles. The molecule has 0 radical (unpaired) electrons. The zero-order valence-corrected chi connectivity index (χ0v) is 22.6. The van der Waals surface area contributed by atoms with Gasteiger partial charge >= 0.3 is 0 Å². The van der Waals surface area contributed by atoms with Crippen LogP contribution in [0.15, 0.2) is 71.6 Å². The molecule has 0 fully saturated rings. The molecule has 15 heteroatoms. The highest BCUT2D eigenvalue weighted by molar-refractivity contribution is 7.91. The second kappa shape index (κ2) is 10.4. The highest BCUT2D eigenvalue weighted by Crippen LogP contribution is 2.37. The molecular formula is C25H23FN6O6S2. The minimum Gasteiger partial charge on any atom is -0.457 e. The summed E-state index contributed by atoms with van der Waals surface area (Å²) in [5.41, 5.74) is 6.15. The van der Waals surface area contributed by atoms with E-state index in [0.717, 1.165) is 28.0 Å². The summed E-state index contributed by atoms with van der Waals surface area (Å²) >= 11 is 0. The summed E-state index contributed by atoms with van der Waals surface area (Å²) in [5, 5.41) is 10.8. The largest absolute Gasteiger partial charge is 0.457 e. The van der Waals surface area contributed by atoms with Crippen molar-refractivity contribution in [3.63, 3.8) is 0 Å². The number of hydrogen-bond donors (Lipinski definition) is 1. The van der Waals surface area contributed by atoms with Crippen LogP contribution in [0.3, 0.4) is 0 Å². The average Bonchev–Trinajstić information content (AvgIpc) is 3.32. The van der Waals surface area contributed by atoms with Crippen LogP contribution < -0.4 is 15.4 Å². The first-order valence-corrected chi connectivity index (χ1v) is 15.5. The number of hydrogen-bond acceptors (Lipinski definition) is 10. The number of sulfone groups is 2. The van der Waals surface area contributed by atoms with Gasteiger partial charge in [0.15, 0.2) is 25.5 Å². The molecule has 3 aromatic carbocycles. The number of aromatic nitrogens is 4. The molecule has 0 unspecified atom stereocenters. The lowest BCUT2D eigenvalue weighted by Gasteiger charge is -2.25. The van der Waals surface area contributed by atoms with Gasteiger partial charge in [0.05, 0.1) is 34.5 Å². The zero-order chi connectivity index (χ0) is 28.7. The van der Waals surface area contributed by atoms with Crippen LogP contribution in [0.2, 0.25) is 0 Å². The Hall–Kier alpha value is -4.21. The number of anilines is 1. The molecule has 0 saturated heterocycles. The third kappa shape index (κ3) is 5.71. The van der Waals surface area contributed by atoms with Gasteiger partial charge in [0, 0.05) is 6.26 Å². The smallest absolute Gasteiger partial charge is 0.245 e. The number of halogens is 1. The van der Waals surface area contributed by atoms with Gasteiger partial charge in [-0.15, -0.1) is 5.10 Å². The van der Waals surface area contributed by atoms with Crippen molar-refractivity contribution in [3.8, 4) is 22.9 Å². The Balaban J connectivity index is 1.56. The van der Waals surface area contributed by atoms with E-state index in [0.29, 0.717) is 17.1 Å². The van der Waals surface area contributed by atoms with Crippen LogP contribution in [-0.4, -0.2) is 61.0 Å². The van der Waals surface area contributed by atoms with E-state index in [1.807, 2.05) is 18.2 Å². The summed E-state index contributed by atoms with van der Waals surface area (Å²) in [6, 6.07) is 16.4. The summed E-state index contributed by atoms with van der Waals surface area (Å²) in [7, 11) is -7.79. The van der Waals surface area contributed by atoms with E-state index in [9.17, 15) is 21.6 Å². The van der Waals surface area contributed by atoms with Crippen LogP contribution in [0.25, 0.3) is 11.4 Å². The normalized spacial score (nSPS) is 16.8. The van der Waals surface area contributed by atoms with Crippen molar-refractivity contribution in [2.75, 3.05) is 16.9 Å². The number of tetrazole rings is 1. The Morgan fingerprint density at radius 1 is 1.07 bits per heavy atom. The molecule has 0 bridgehead atoms. The lowest BCUT2D eigenvalue weighted by molar-refractivity contribution is -0.119. The second-order valence-electron chi connectivity index (χ2n) is 9.23. The number of nitrogens with zero attached hydrogens (tertiary/aromatic N) is 5. The molecule has 2 heterocycles. The molecule has 1 aliphatic rings. The molecular weight excluding hydrogens is 563 g/mol. The van der Waals surface area contributed by atoms with Gasteiger partial charge in [0.2, 0.25) is 5.91 Å². The van der Waals surface area contributed by atoms with E-state index in [-0.39, 0.29) is 23.6 Å². The van der Waals surface area contributed by atoms with Crippen LogP contribution in [-0.2, 0) is 36.9 Å². The van der Waals surface area contributed by atoms with Gasteiger partial charge in [-0.3, -0.25) is 4.79 Å². The van der Waals surface area contributed by atoms with Crippen molar-refractivity contribution < 1.29 is 30.8 Å². The van der Waals surface area contributed by atoms with Crippen LogP contribution in [0.4, 0.5) is 10.1 Å². The number of carbonyl (C=O) groups excluding carboxylic acids is 1. The van der Waals surface area contributed by atoms with Gasteiger partial charge in [0.1, 0.15) is 23.2 Å². The van der Waals surface area contributed by atoms with E-state index in [2.05, 4.69) is 15.5 Å². The summed E-state index contributed by atoms with van der Waals surface area (Å²) < 4.78 is 71.9. The number of amides is 1. The Kier molecular flexibility index (Phi) is 7.12. The first-order chi connectivity index (χ1) is 18.9. The van der Waals surface area contributed by atoms with Crippen molar-refractivity contribution in [2.24, 2.45) is 5.73 Å². The summed E-state index contributed by atoms with van der Waals surface area (Å²) in [6.07, 6.45) is 0.955. The maximum atomic E-state index is 15.3. The van der Waals surface area contributed by atoms with Crippen LogP contribution in [0, 0.1) is 5.82 Å². The molecule has 4 aromatic rings. The Morgan fingerprint density at radius 3 is 2.42 bits per heavy atom. The monoisotopic (exact) mass is 586 g/mol. The molecule has 0 aliphatic carbocycles. The number of rotatable bonds is 7. The van der Waals surface area contributed by atoms with Crippen molar-refractivity contribution in [1.82, 2.24) is 20.2 Å². The number of ether oxygens (including phenoxy) is 1. The minimum atomic E-state index is -4.18. The van der Waals surface area contributed by atoms with E-state index in [4.69, 9.17) is 10.5 Å². The number of carbonyl (C=O) groups is 1. The molecule has 12 nitrogen and oxygen atoms in total. The van der Waals surface area contributed by atoms with Crippen LogP contribution in [0.1, 0.15) is 5.56 Å². The molecule has 208 valence electrons. The molecule has 40 heavy (non-hydrogen) atoms. The maximum Gasteiger partial charge on any atom is 0.245 e. The first kappa shape index (κ1) is 27.4. The molecule has 1 atom stereocenters. The Morgan fingerprint density at radius 2 is 1.75 bits per heavy atom. The predicted molar refractivity (Wildman–Crippen MR) is 142 cm³/mol. The topological polar surface area (TPSA) is 167 Å². The number of para-hydroxylation sites is 1. The summed E-state index contributed by atoms with van der Waals surface area (Å²) in [5.74, 6) is -2.16. The summed E-state index contributed by atoms with van der Waals surface area (Å²) in [4.78, 5) is 14.1. The highest BCUT2D eigenvalue weighted by atomic mass is 32.2. The van der Waals surface area contributed by atoms with Crippen molar-refractivity contribution in [2.45, 2.75) is 23.4 Å². The lowest BCUT2D eigenvalue weighted by Crippen LogP contribution is -2.45. The lowest BCUT2D eigenvalue weighted by atomic mass is 10.1. The van der Waals surface area contributed by atoms with Crippen molar-refractivity contribution >= 4 is 31.3 Å². The van der Waals surface area contributed by atoms with Crippen LogP contribution in [0.5, 0.6) is 11.5 Å². The molecule has 5 rings (SSSR count). The first-order valence-electron chi connectivity index (χ1n) is 11.8. The highest BCUT2D eigenvalue weighted by Gasteiger charge is 2.37. The molecule has 0 saturated carbocycles. The quantitative estimate of drug-likeness (QED) is 0.338. The SMILES string of the molecule is CS(=O)(=O)Cn1nnnc1-c1cc2c(cc1F)S(=O)(=O)C[C@H](N)C(=O)N2Cc1ccc(Oc2ccccc2)cc1. The van der Waals surface area contributed by atoms with Gasteiger partial charge in [-0.25, -0.2) is 25.9 Å². The minimum absolute atomic E-state index is 0.0972. The van der Waals surface area contributed by atoms with Crippen molar-refractivity contribution in [1.29, 1.82) is 0 Å². The third-order valence-corrected chi connectivity index (χ3v) is 8.54. The Bertz CT molecular complexity index is 1800. The molecule has 1 amide bonds. The fraction of sp³-hybridized carbons (Fsp3) is 0.200. The maximum absolute atomic E-state index is 15.3. The zero-order valence-electron chi connectivity index (χ0n) is 21.0. The Labute approximate surface area is 229 Å². The second-order valence-corrected chi connectivity index (χ2v) is 13.3. The van der Waals surface area contributed by atoms with E-state index >= 15 is 4.39 Å². The van der Waals surface area contributed by atoms with E-state index in [1.54, 1.807) is 36.4 Å². The van der Waals surface area contributed by atoms with E-state index in [1.165, 1.54) is 0 Å². The summed E-state index contributed by atoms with van der Waals surface area (Å²) in [6.45, 7) is -0.0972. The van der Waals surface area contributed by atoms with Gasteiger partial charge in [-0.05, 0) is 52.4 Å². The fourth-order valence-electron chi connectivity index (χ4n) is 4.23. The van der Waals surface area contributed by atoms with Gasteiger partial charge < -0.3 is 15.4 Å². The van der Waals surface area contributed by atoms with Gasteiger partial charge in [-0.2, -0.15) is 0 Å². The molecule has 2 N–H and O–H groups in total. The molecule has 1 aliphatic heterocycles. The molecule has 0 spiro atoms. The van der Waals surface area contributed by atoms with Gasteiger partial charge in [-0.1, -0.05) is 30.3 Å². The van der Waals surface area contributed by atoms with E-state index < -0.39 is 54.0 Å². The van der Waals surface area contributed by atoms with Crippen molar-refractivity contribution in [3.05, 3.63) is 78.1 Å². The number of nitrogens with two attached hydrogens (primary N) is 1. The number of fused-ring (bicyclic) bond motifs is 1. The third-order valence-electron chi connectivity index (χ3n) is 6.03. The standard InChI is InChI=1S/C25H23FN6O6S2/c1-39(34,35)15-32-24(28-29-30-32)19-11-22-23(12-20(19)26)40(36,37)14-21(27)25(33)31(22)13-16-7-9-18(10-8-16)38-17-5-3-2-4-6-17/h2-12,21H,13-15,27H2,1H3/t21-/m0/s1. The van der Waals surface area contributed by atoms with Gasteiger partial charge in [0.25, 0.3) is 0 Å². The average molecular weight is 587 g/mol. The fourth-order valence-corrected chi connectivity index (χ4v) is 6.42. The number of benzene rings is 3. The predicted octanol–water partition coefficient (Wildman–Crippen LogP) is 1.92. The van der Waals surface area contributed by atoms with Crippen LogP contribution >= 0.6 is 0 Å².